The van der Waals surface area contributed by atoms with Gasteiger partial charge in [0.1, 0.15) is 5.75 Å². The molecule has 2 aromatic rings. The van der Waals surface area contributed by atoms with Crippen molar-refractivity contribution in [3.05, 3.63) is 47.5 Å². The first-order chi connectivity index (χ1) is 8.67. The number of imidazole rings is 1. The molecule has 0 bridgehead atoms. The Balaban J connectivity index is 2.42. The SMILES string of the molecule is CNC(c1ccc(OC)cc1C)c1cncn1C. The van der Waals surface area contributed by atoms with Crippen LogP contribution >= 0.6 is 0 Å². The summed E-state index contributed by atoms with van der Waals surface area (Å²) in [6.45, 7) is 2.10. The predicted octanol–water partition coefficient (Wildman–Crippen LogP) is 2.05. The summed E-state index contributed by atoms with van der Waals surface area (Å²) in [6.07, 6.45) is 3.71. The molecule has 0 aliphatic heterocycles. The fraction of sp³-hybridized carbons (Fsp3) is 0.357. The number of benzene rings is 1. The fourth-order valence-corrected chi connectivity index (χ4v) is 2.21. The molecule has 0 saturated heterocycles. The van der Waals surface area contributed by atoms with E-state index in [4.69, 9.17) is 4.74 Å². The van der Waals surface area contributed by atoms with Crippen LogP contribution in [0.15, 0.2) is 30.7 Å². The Kier molecular flexibility index (Phi) is 3.67. The van der Waals surface area contributed by atoms with Gasteiger partial charge in [0, 0.05) is 7.05 Å². The first-order valence-electron chi connectivity index (χ1n) is 5.95. The third-order valence-electron chi connectivity index (χ3n) is 3.23. The lowest BCUT2D eigenvalue weighted by Crippen LogP contribution is -2.21. The molecule has 4 nitrogen and oxygen atoms in total. The van der Waals surface area contributed by atoms with Crippen molar-refractivity contribution in [2.24, 2.45) is 7.05 Å². The lowest BCUT2D eigenvalue weighted by atomic mass is 9.99. The molecule has 2 rings (SSSR count). The molecule has 1 aromatic heterocycles. The quantitative estimate of drug-likeness (QED) is 0.896. The van der Waals surface area contributed by atoms with E-state index in [0.29, 0.717) is 0 Å². The van der Waals surface area contributed by atoms with Crippen molar-refractivity contribution in [1.29, 1.82) is 0 Å². The summed E-state index contributed by atoms with van der Waals surface area (Å²) in [7, 11) is 5.65. The monoisotopic (exact) mass is 245 g/mol. The molecule has 4 heteroatoms. The van der Waals surface area contributed by atoms with Gasteiger partial charge in [-0.15, -0.1) is 0 Å². The number of nitrogens with one attached hydrogen (secondary N) is 1. The number of ether oxygens (including phenoxy) is 1. The maximum atomic E-state index is 5.24. The zero-order valence-electron chi connectivity index (χ0n) is 11.3. The molecule has 1 N–H and O–H groups in total. The minimum atomic E-state index is 0.142. The van der Waals surface area contributed by atoms with Crippen LogP contribution in [0.5, 0.6) is 5.75 Å². The molecular weight excluding hydrogens is 226 g/mol. The van der Waals surface area contributed by atoms with Gasteiger partial charge < -0.3 is 14.6 Å². The number of rotatable bonds is 4. The molecule has 1 aromatic carbocycles. The minimum Gasteiger partial charge on any atom is -0.497 e. The van der Waals surface area contributed by atoms with E-state index in [9.17, 15) is 0 Å². The van der Waals surface area contributed by atoms with E-state index < -0.39 is 0 Å². The lowest BCUT2D eigenvalue weighted by Gasteiger charge is -2.19. The molecule has 0 fully saturated rings. The highest BCUT2D eigenvalue weighted by Crippen LogP contribution is 2.26. The van der Waals surface area contributed by atoms with Crippen LogP contribution in [0.4, 0.5) is 0 Å². The first-order valence-corrected chi connectivity index (χ1v) is 5.95. The van der Waals surface area contributed by atoms with Gasteiger partial charge in [0.2, 0.25) is 0 Å². The van der Waals surface area contributed by atoms with Crippen LogP contribution in [-0.4, -0.2) is 23.7 Å². The van der Waals surface area contributed by atoms with Crippen LogP contribution in [0.1, 0.15) is 22.9 Å². The van der Waals surface area contributed by atoms with Crippen molar-refractivity contribution >= 4 is 0 Å². The summed E-state index contributed by atoms with van der Waals surface area (Å²) in [5.74, 6) is 0.885. The van der Waals surface area contributed by atoms with Gasteiger partial charge in [-0.1, -0.05) is 6.07 Å². The highest BCUT2D eigenvalue weighted by Gasteiger charge is 2.17. The van der Waals surface area contributed by atoms with Gasteiger partial charge in [-0.05, 0) is 37.2 Å². The van der Waals surface area contributed by atoms with Gasteiger partial charge >= 0.3 is 0 Å². The molecule has 0 saturated carbocycles. The molecule has 1 unspecified atom stereocenters. The largest absolute Gasteiger partial charge is 0.497 e. The molecule has 1 heterocycles. The van der Waals surface area contributed by atoms with Crippen LogP contribution in [0.25, 0.3) is 0 Å². The van der Waals surface area contributed by atoms with Crippen molar-refractivity contribution in [3.63, 3.8) is 0 Å². The van der Waals surface area contributed by atoms with Crippen LogP contribution in [0.2, 0.25) is 0 Å². The average molecular weight is 245 g/mol. The van der Waals surface area contributed by atoms with Crippen molar-refractivity contribution in [1.82, 2.24) is 14.9 Å². The molecule has 0 amide bonds. The van der Waals surface area contributed by atoms with Crippen molar-refractivity contribution in [3.8, 4) is 5.75 Å². The molecule has 18 heavy (non-hydrogen) atoms. The summed E-state index contributed by atoms with van der Waals surface area (Å²) in [6, 6.07) is 6.28. The zero-order valence-corrected chi connectivity index (χ0v) is 11.3. The second-order valence-electron chi connectivity index (χ2n) is 4.37. The lowest BCUT2D eigenvalue weighted by molar-refractivity contribution is 0.414. The highest BCUT2D eigenvalue weighted by atomic mass is 16.5. The Hall–Kier alpha value is -1.81. The minimum absolute atomic E-state index is 0.142. The molecule has 1 atom stereocenters. The maximum absolute atomic E-state index is 5.24. The van der Waals surface area contributed by atoms with Crippen molar-refractivity contribution in [2.75, 3.05) is 14.2 Å². The summed E-state index contributed by atoms with van der Waals surface area (Å²) in [4.78, 5) is 4.18. The first kappa shape index (κ1) is 12.6. The average Bonchev–Trinajstić information content (AvgIpc) is 2.78. The summed E-state index contributed by atoms with van der Waals surface area (Å²) < 4.78 is 7.27. The zero-order chi connectivity index (χ0) is 13.1. The molecule has 0 aliphatic rings. The summed E-state index contributed by atoms with van der Waals surface area (Å²) >= 11 is 0. The number of hydrogen-bond donors (Lipinski definition) is 1. The summed E-state index contributed by atoms with van der Waals surface area (Å²) in [5, 5.41) is 3.34. The topological polar surface area (TPSA) is 39.1 Å². The van der Waals surface area contributed by atoms with Gasteiger partial charge in [0.05, 0.1) is 31.4 Å². The van der Waals surface area contributed by atoms with E-state index in [0.717, 1.165) is 11.4 Å². The van der Waals surface area contributed by atoms with Crippen LogP contribution < -0.4 is 10.1 Å². The Bertz CT molecular complexity index is 534. The normalized spacial score (nSPS) is 12.4. The Morgan fingerprint density at radius 1 is 1.39 bits per heavy atom. The molecule has 0 spiro atoms. The summed E-state index contributed by atoms with van der Waals surface area (Å²) in [5.41, 5.74) is 3.59. The van der Waals surface area contributed by atoms with Gasteiger partial charge in [-0.3, -0.25) is 0 Å². The van der Waals surface area contributed by atoms with E-state index in [2.05, 4.69) is 29.4 Å². The molecular formula is C14H19N3O. The van der Waals surface area contributed by atoms with Gasteiger partial charge in [-0.2, -0.15) is 0 Å². The van der Waals surface area contributed by atoms with E-state index in [1.165, 1.54) is 11.1 Å². The van der Waals surface area contributed by atoms with Crippen LogP contribution in [-0.2, 0) is 7.05 Å². The molecule has 0 aliphatic carbocycles. The molecule has 96 valence electrons. The van der Waals surface area contributed by atoms with E-state index in [1.54, 1.807) is 7.11 Å². The maximum Gasteiger partial charge on any atom is 0.119 e. The van der Waals surface area contributed by atoms with Crippen molar-refractivity contribution < 1.29 is 4.74 Å². The van der Waals surface area contributed by atoms with E-state index in [-0.39, 0.29) is 6.04 Å². The smallest absolute Gasteiger partial charge is 0.119 e. The Labute approximate surface area is 108 Å². The fourth-order valence-electron chi connectivity index (χ4n) is 2.21. The van der Waals surface area contributed by atoms with Crippen LogP contribution in [0, 0.1) is 6.92 Å². The van der Waals surface area contributed by atoms with E-state index >= 15 is 0 Å². The van der Waals surface area contributed by atoms with Crippen LogP contribution in [0.3, 0.4) is 0 Å². The second-order valence-corrected chi connectivity index (χ2v) is 4.37. The number of methoxy groups -OCH3 is 1. The van der Waals surface area contributed by atoms with Gasteiger partial charge in [0.25, 0.3) is 0 Å². The number of nitrogens with zero attached hydrogens (tertiary/aromatic N) is 2. The highest BCUT2D eigenvalue weighted by molar-refractivity contribution is 5.39. The standard InChI is InChI=1S/C14H19N3O/c1-10-7-11(18-4)5-6-12(10)14(15-2)13-8-16-9-17(13)3/h5-9,14-15H,1-4H3. The van der Waals surface area contributed by atoms with Gasteiger partial charge in [-0.25, -0.2) is 4.98 Å². The molecule has 0 radical (unpaired) electrons. The number of aryl methyl sites for hydroxylation is 2. The van der Waals surface area contributed by atoms with Crippen molar-refractivity contribution in [2.45, 2.75) is 13.0 Å². The number of hydrogen-bond acceptors (Lipinski definition) is 3. The third kappa shape index (κ3) is 2.24. The van der Waals surface area contributed by atoms with E-state index in [1.807, 2.05) is 37.3 Å². The van der Waals surface area contributed by atoms with Gasteiger partial charge in [0.15, 0.2) is 0 Å². The Morgan fingerprint density at radius 3 is 2.67 bits per heavy atom. The number of aromatic nitrogens is 2. The Morgan fingerprint density at radius 2 is 2.17 bits per heavy atom. The predicted molar refractivity (Wildman–Crippen MR) is 71.8 cm³/mol. The second kappa shape index (κ2) is 5.23. The third-order valence-corrected chi connectivity index (χ3v) is 3.23.